The lowest BCUT2D eigenvalue weighted by molar-refractivity contribution is 0.159. The van der Waals surface area contributed by atoms with E-state index in [0.29, 0.717) is 6.54 Å². The summed E-state index contributed by atoms with van der Waals surface area (Å²) in [5, 5.41) is 13.7. The van der Waals surface area contributed by atoms with Crippen LogP contribution in [0.4, 0.5) is 0 Å². The van der Waals surface area contributed by atoms with Crippen molar-refractivity contribution in [3.63, 3.8) is 0 Å². The van der Waals surface area contributed by atoms with Gasteiger partial charge in [-0.2, -0.15) is 0 Å². The van der Waals surface area contributed by atoms with Crippen LogP contribution in [0, 0.1) is 6.92 Å². The quantitative estimate of drug-likeness (QED) is 0.808. The first-order valence-corrected chi connectivity index (χ1v) is 8.00. The average Bonchev–Trinajstić information content (AvgIpc) is 2.53. The van der Waals surface area contributed by atoms with Gasteiger partial charge in [0.2, 0.25) is 0 Å². The summed E-state index contributed by atoms with van der Waals surface area (Å²) in [4.78, 5) is 0. The van der Waals surface area contributed by atoms with Gasteiger partial charge in [-0.25, -0.2) is 0 Å². The molecule has 0 aliphatic rings. The van der Waals surface area contributed by atoms with Crippen LogP contribution in [0.2, 0.25) is 0 Å². The van der Waals surface area contributed by atoms with E-state index in [0.717, 1.165) is 18.4 Å². The maximum absolute atomic E-state index is 10.2. The Morgan fingerprint density at radius 3 is 2.27 bits per heavy atom. The van der Waals surface area contributed by atoms with E-state index in [1.54, 1.807) is 0 Å². The van der Waals surface area contributed by atoms with Gasteiger partial charge in [-0.15, -0.1) is 0 Å². The molecule has 1 unspecified atom stereocenters. The highest BCUT2D eigenvalue weighted by Crippen LogP contribution is 2.17. The van der Waals surface area contributed by atoms with Crippen molar-refractivity contribution in [2.24, 2.45) is 0 Å². The molecule has 118 valence electrons. The van der Waals surface area contributed by atoms with Crippen molar-refractivity contribution in [1.29, 1.82) is 0 Å². The van der Waals surface area contributed by atoms with E-state index in [-0.39, 0.29) is 5.54 Å². The van der Waals surface area contributed by atoms with Gasteiger partial charge in [-0.05, 0) is 44.7 Å². The van der Waals surface area contributed by atoms with E-state index >= 15 is 0 Å². The molecule has 22 heavy (non-hydrogen) atoms. The Hall–Kier alpha value is -1.64. The van der Waals surface area contributed by atoms with Gasteiger partial charge in [0.15, 0.2) is 0 Å². The number of aliphatic hydroxyl groups is 1. The summed E-state index contributed by atoms with van der Waals surface area (Å²) < 4.78 is 0. The van der Waals surface area contributed by atoms with E-state index < -0.39 is 6.10 Å². The molecule has 2 aromatic rings. The summed E-state index contributed by atoms with van der Waals surface area (Å²) in [5.41, 5.74) is 3.63. The van der Waals surface area contributed by atoms with E-state index in [4.69, 9.17) is 0 Å². The molecule has 0 saturated carbocycles. The molecule has 1 atom stereocenters. The number of hydrogen-bond donors (Lipinski definition) is 2. The molecule has 0 radical (unpaired) electrons. The fourth-order valence-corrected chi connectivity index (χ4v) is 2.47. The number of β-amino-alcohol motifs (C(OH)–C–C–N with tert-alkyl or cyclic N) is 1. The fourth-order valence-electron chi connectivity index (χ4n) is 2.47. The van der Waals surface area contributed by atoms with E-state index in [1.165, 1.54) is 11.1 Å². The zero-order chi connectivity index (χ0) is 16.0. The van der Waals surface area contributed by atoms with Gasteiger partial charge in [-0.1, -0.05) is 60.2 Å². The van der Waals surface area contributed by atoms with Crippen LogP contribution in [0.3, 0.4) is 0 Å². The van der Waals surface area contributed by atoms with E-state index in [9.17, 15) is 5.11 Å². The lowest BCUT2D eigenvalue weighted by Gasteiger charge is -2.28. The van der Waals surface area contributed by atoms with Crippen LogP contribution in [0.5, 0.6) is 0 Å². The molecule has 0 aromatic heterocycles. The van der Waals surface area contributed by atoms with Crippen molar-refractivity contribution in [3.8, 4) is 0 Å². The summed E-state index contributed by atoms with van der Waals surface area (Å²) in [5.74, 6) is 0. The Balaban J connectivity index is 1.81. The lowest BCUT2D eigenvalue weighted by Crippen LogP contribution is -2.41. The molecule has 0 fully saturated rings. The molecule has 2 rings (SSSR count). The molecule has 0 spiro atoms. The van der Waals surface area contributed by atoms with Crippen molar-refractivity contribution in [2.75, 3.05) is 6.54 Å². The Kier molecular flexibility index (Phi) is 5.76. The van der Waals surface area contributed by atoms with Gasteiger partial charge in [0, 0.05) is 12.1 Å². The Bertz CT molecular complexity index is 560. The molecular weight excluding hydrogens is 270 g/mol. The Morgan fingerprint density at radius 2 is 1.64 bits per heavy atom. The van der Waals surface area contributed by atoms with Crippen molar-refractivity contribution < 1.29 is 5.11 Å². The van der Waals surface area contributed by atoms with Crippen LogP contribution in [0.25, 0.3) is 0 Å². The number of benzene rings is 2. The standard InChI is InChI=1S/C20H27NO/c1-16-9-11-17(12-10-16)13-14-20(2,3)21-15-19(22)18-7-5-4-6-8-18/h4-12,19,21-22H,13-15H2,1-3H3. The molecule has 2 nitrogen and oxygen atoms in total. The van der Waals surface area contributed by atoms with Crippen molar-refractivity contribution in [3.05, 3.63) is 71.3 Å². The number of hydrogen-bond acceptors (Lipinski definition) is 2. The number of aryl methyl sites for hydroxylation is 2. The molecule has 0 amide bonds. The van der Waals surface area contributed by atoms with Gasteiger partial charge in [-0.3, -0.25) is 0 Å². The Morgan fingerprint density at radius 1 is 1.00 bits per heavy atom. The molecule has 0 aliphatic heterocycles. The van der Waals surface area contributed by atoms with Gasteiger partial charge in [0.1, 0.15) is 0 Å². The topological polar surface area (TPSA) is 32.3 Å². The summed E-state index contributed by atoms with van der Waals surface area (Å²) in [7, 11) is 0. The first-order valence-electron chi connectivity index (χ1n) is 8.00. The van der Waals surface area contributed by atoms with E-state index in [1.807, 2.05) is 30.3 Å². The molecular formula is C20H27NO. The maximum Gasteiger partial charge on any atom is 0.0914 e. The Labute approximate surface area is 134 Å². The maximum atomic E-state index is 10.2. The predicted molar refractivity (Wildman–Crippen MR) is 93.0 cm³/mol. The largest absolute Gasteiger partial charge is 0.387 e. The fraction of sp³-hybridized carbons (Fsp3) is 0.400. The summed E-state index contributed by atoms with van der Waals surface area (Å²) in [6, 6.07) is 18.5. The molecule has 0 bridgehead atoms. The van der Waals surface area contributed by atoms with Gasteiger partial charge in [0.05, 0.1) is 6.10 Å². The molecule has 2 heteroatoms. The summed E-state index contributed by atoms with van der Waals surface area (Å²) >= 11 is 0. The van der Waals surface area contributed by atoms with Crippen molar-refractivity contribution >= 4 is 0 Å². The molecule has 2 aromatic carbocycles. The van der Waals surface area contributed by atoms with Crippen LogP contribution in [0.15, 0.2) is 54.6 Å². The van der Waals surface area contributed by atoms with Crippen LogP contribution >= 0.6 is 0 Å². The zero-order valence-corrected chi connectivity index (χ0v) is 13.8. The van der Waals surface area contributed by atoms with Crippen molar-refractivity contribution in [1.82, 2.24) is 5.32 Å². The second-order valence-electron chi connectivity index (χ2n) is 6.68. The van der Waals surface area contributed by atoms with Crippen molar-refractivity contribution in [2.45, 2.75) is 45.3 Å². The minimum Gasteiger partial charge on any atom is -0.387 e. The minimum atomic E-state index is -0.458. The third kappa shape index (κ3) is 5.28. The summed E-state index contributed by atoms with van der Waals surface area (Å²) in [6.07, 6.45) is 1.62. The number of rotatable bonds is 7. The first kappa shape index (κ1) is 16.7. The molecule has 0 saturated heterocycles. The number of nitrogens with one attached hydrogen (secondary N) is 1. The van der Waals surface area contributed by atoms with Crippen LogP contribution in [-0.2, 0) is 6.42 Å². The minimum absolute atomic E-state index is 0.000641. The smallest absolute Gasteiger partial charge is 0.0914 e. The highest BCUT2D eigenvalue weighted by molar-refractivity contribution is 5.21. The highest BCUT2D eigenvalue weighted by Gasteiger charge is 2.18. The van der Waals surface area contributed by atoms with Crippen LogP contribution in [-0.4, -0.2) is 17.2 Å². The normalized spacial score (nSPS) is 13.1. The van der Waals surface area contributed by atoms with Crippen LogP contribution < -0.4 is 5.32 Å². The third-order valence-corrected chi connectivity index (χ3v) is 4.12. The second kappa shape index (κ2) is 7.57. The zero-order valence-electron chi connectivity index (χ0n) is 13.8. The van der Waals surface area contributed by atoms with Gasteiger partial charge < -0.3 is 10.4 Å². The number of aliphatic hydroxyl groups excluding tert-OH is 1. The summed E-state index contributed by atoms with van der Waals surface area (Å²) in [6.45, 7) is 7.07. The highest BCUT2D eigenvalue weighted by atomic mass is 16.3. The second-order valence-corrected chi connectivity index (χ2v) is 6.68. The average molecular weight is 297 g/mol. The first-order chi connectivity index (χ1) is 10.5. The van der Waals surface area contributed by atoms with E-state index in [2.05, 4.69) is 50.4 Å². The molecule has 0 aliphatic carbocycles. The molecule has 2 N–H and O–H groups in total. The third-order valence-electron chi connectivity index (χ3n) is 4.12. The monoisotopic (exact) mass is 297 g/mol. The lowest BCUT2D eigenvalue weighted by atomic mass is 9.94. The molecule has 0 heterocycles. The van der Waals surface area contributed by atoms with Gasteiger partial charge >= 0.3 is 0 Å². The van der Waals surface area contributed by atoms with Gasteiger partial charge in [0.25, 0.3) is 0 Å². The predicted octanol–water partition coefficient (Wildman–Crippen LogP) is 4.03. The van der Waals surface area contributed by atoms with Crippen LogP contribution in [0.1, 0.15) is 43.1 Å². The SMILES string of the molecule is Cc1ccc(CCC(C)(C)NCC(O)c2ccccc2)cc1.